The van der Waals surface area contributed by atoms with Crippen molar-refractivity contribution in [1.82, 2.24) is 20.1 Å². The fourth-order valence-corrected chi connectivity index (χ4v) is 3.45. The van der Waals surface area contributed by atoms with Crippen LogP contribution >= 0.6 is 0 Å². The molecule has 1 amide bonds. The second kappa shape index (κ2) is 10.6. The molecule has 0 fully saturated rings. The van der Waals surface area contributed by atoms with E-state index in [9.17, 15) is 4.79 Å². The quantitative estimate of drug-likeness (QED) is 0.487. The van der Waals surface area contributed by atoms with Gasteiger partial charge in [0.15, 0.2) is 5.60 Å². The van der Waals surface area contributed by atoms with Gasteiger partial charge in [-0.05, 0) is 61.9 Å². The number of hydrogen-bond acceptors (Lipinski definition) is 5. The van der Waals surface area contributed by atoms with Crippen LogP contribution in [0.3, 0.4) is 0 Å². The Balaban J connectivity index is 1.76. The molecule has 3 rings (SSSR count). The third-order valence-electron chi connectivity index (χ3n) is 5.33. The lowest BCUT2D eigenvalue weighted by Crippen LogP contribution is -2.47. The number of hydrogen-bond donors (Lipinski definition) is 1. The van der Waals surface area contributed by atoms with Crippen LogP contribution in [0.15, 0.2) is 42.7 Å². The monoisotopic (exact) mass is 438 g/mol. The molecule has 7 heteroatoms. The maximum absolute atomic E-state index is 12.9. The molecule has 1 aromatic carbocycles. The van der Waals surface area contributed by atoms with Gasteiger partial charge in [0.1, 0.15) is 0 Å². The molecule has 2 aromatic heterocycles. The van der Waals surface area contributed by atoms with Crippen molar-refractivity contribution in [2.24, 2.45) is 5.92 Å². The van der Waals surface area contributed by atoms with Crippen LogP contribution in [0, 0.1) is 5.92 Å². The first-order valence-corrected chi connectivity index (χ1v) is 11.1. The lowest BCUT2D eigenvalue weighted by molar-refractivity contribution is -0.134. The molecule has 172 valence electrons. The van der Waals surface area contributed by atoms with E-state index in [1.807, 2.05) is 35.0 Å². The molecule has 0 atom stereocenters. The largest absolute Gasteiger partial charge is 0.460 e. The number of nitrogens with one attached hydrogen (secondary N) is 1. The van der Waals surface area contributed by atoms with Crippen LogP contribution < -0.4 is 10.1 Å². The Morgan fingerprint density at radius 1 is 1.22 bits per heavy atom. The third kappa shape index (κ3) is 6.07. The van der Waals surface area contributed by atoms with Crippen LogP contribution in [0.5, 0.6) is 5.88 Å². The predicted octanol–water partition coefficient (Wildman–Crippen LogP) is 4.14. The van der Waals surface area contributed by atoms with E-state index in [0.717, 1.165) is 35.0 Å². The highest BCUT2D eigenvalue weighted by Crippen LogP contribution is 2.30. The van der Waals surface area contributed by atoms with E-state index in [4.69, 9.17) is 14.6 Å². The molecule has 1 N–H and O–H groups in total. The number of pyridine rings is 1. The Bertz CT molecular complexity index is 1030. The van der Waals surface area contributed by atoms with Gasteiger partial charge in [-0.15, -0.1) is 5.10 Å². The molecule has 0 spiro atoms. The van der Waals surface area contributed by atoms with E-state index < -0.39 is 5.60 Å². The Kier molecular flexibility index (Phi) is 7.85. The summed E-state index contributed by atoms with van der Waals surface area (Å²) in [5.74, 6) is 0.849. The van der Waals surface area contributed by atoms with E-state index >= 15 is 0 Å². The number of ether oxygens (including phenoxy) is 2. The van der Waals surface area contributed by atoms with Crippen LogP contribution in [-0.2, 0) is 29.1 Å². The Labute approximate surface area is 190 Å². The lowest BCUT2D eigenvalue weighted by Gasteiger charge is -2.24. The van der Waals surface area contributed by atoms with E-state index in [1.165, 1.54) is 0 Å². The molecule has 7 nitrogen and oxygen atoms in total. The summed E-state index contributed by atoms with van der Waals surface area (Å²) < 4.78 is 13.5. The fourth-order valence-electron chi connectivity index (χ4n) is 3.45. The van der Waals surface area contributed by atoms with Crippen LogP contribution in [0.25, 0.3) is 10.9 Å². The van der Waals surface area contributed by atoms with Gasteiger partial charge in [0.05, 0.1) is 17.5 Å². The van der Waals surface area contributed by atoms with Crippen LogP contribution in [0.1, 0.15) is 45.2 Å². The molecule has 32 heavy (non-hydrogen) atoms. The normalized spacial score (nSPS) is 11.8. The highest BCUT2D eigenvalue weighted by atomic mass is 16.5. The van der Waals surface area contributed by atoms with Crippen molar-refractivity contribution in [2.75, 3.05) is 13.7 Å². The topological polar surface area (TPSA) is 78.3 Å². The second-order valence-electron chi connectivity index (χ2n) is 8.97. The van der Waals surface area contributed by atoms with Crippen LogP contribution in [0.4, 0.5) is 0 Å². The zero-order chi connectivity index (χ0) is 23.1. The molecular weight excluding hydrogens is 404 g/mol. The van der Waals surface area contributed by atoms with Gasteiger partial charge in [0.2, 0.25) is 5.88 Å². The summed E-state index contributed by atoms with van der Waals surface area (Å²) in [7, 11) is 1.67. The molecule has 2 heterocycles. The Morgan fingerprint density at radius 3 is 2.72 bits per heavy atom. The number of amides is 1. The summed E-state index contributed by atoms with van der Waals surface area (Å²) in [4.78, 5) is 17.0. The van der Waals surface area contributed by atoms with Gasteiger partial charge in [0, 0.05) is 32.6 Å². The lowest BCUT2D eigenvalue weighted by atomic mass is 10.1. The molecule has 3 aromatic rings. The maximum atomic E-state index is 12.9. The van der Waals surface area contributed by atoms with Gasteiger partial charge in [-0.25, -0.2) is 0 Å². The van der Waals surface area contributed by atoms with Crippen molar-refractivity contribution in [2.45, 2.75) is 59.3 Å². The van der Waals surface area contributed by atoms with Crippen molar-refractivity contribution in [3.8, 4) is 5.88 Å². The number of rotatable bonds is 11. The first-order valence-electron chi connectivity index (χ1n) is 11.1. The van der Waals surface area contributed by atoms with E-state index in [2.05, 4.69) is 24.1 Å². The summed E-state index contributed by atoms with van der Waals surface area (Å²) in [5, 5.41) is 8.58. The Morgan fingerprint density at radius 2 is 2.03 bits per heavy atom. The van der Waals surface area contributed by atoms with Gasteiger partial charge in [0.25, 0.3) is 5.91 Å². The molecule has 0 aliphatic heterocycles. The van der Waals surface area contributed by atoms with E-state index in [0.29, 0.717) is 31.4 Å². The first-order chi connectivity index (χ1) is 15.3. The van der Waals surface area contributed by atoms with Gasteiger partial charge in [-0.1, -0.05) is 26.0 Å². The predicted molar refractivity (Wildman–Crippen MR) is 126 cm³/mol. The molecule has 0 saturated heterocycles. The van der Waals surface area contributed by atoms with Crippen molar-refractivity contribution < 1.29 is 14.3 Å². The Hall–Kier alpha value is -2.93. The summed E-state index contributed by atoms with van der Waals surface area (Å²) in [6.07, 6.45) is 5.26. The summed E-state index contributed by atoms with van der Waals surface area (Å²) in [6.45, 7) is 9.73. The number of carbonyl (C=O) groups is 1. The number of methoxy groups -OCH3 is 1. The second-order valence-corrected chi connectivity index (χ2v) is 8.97. The standard InChI is InChI=1S/C25H34N4O3/c1-18(2)11-14-29-22-9-8-20(17-31-5)15-21(22)23(28-29)32-25(3,4)24(30)27-13-10-19-7-6-12-26-16-19/h6-9,12,15-16,18H,10-11,13-14,17H2,1-5H3,(H,27,30). The van der Waals surface area contributed by atoms with E-state index in [1.54, 1.807) is 33.4 Å². The third-order valence-corrected chi connectivity index (χ3v) is 5.33. The van der Waals surface area contributed by atoms with Gasteiger partial charge in [-0.2, -0.15) is 0 Å². The molecule has 0 saturated carbocycles. The van der Waals surface area contributed by atoms with Crippen LogP contribution in [0.2, 0.25) is 0 Å². The minimum atomic E-state index is -1.07. The molecule has 0 unspecified atom stereocenters. The summed E-state index contributed by atoms with van der Waals surface area (Å²) in [5.41, 5.74) is 2.03. The number of aromatic nitrogens is 3. The number of nitrogens with zero attached hydrogens (tertiary/aromatic N) is 3. The maximum Gasteiger partial charge on any atom is 0.263 e. The van der Waals surface area contributed by atoms with Crippen molar-refractivity contribution in [1.29, 1.82) is 0 Å². The molecule has 0 bridgehead atoms. The zero-order valence-electron chi connectivity index (χ0n) is 19.7. The van der Waals surface area contributed by atoms with Gasteiger partial charge in [-0.3, -0.25) is 14.5 Å². The molecular formula is C25H34N4O3. The minimum Gasteiger partial charge on any atom is -0.460 e. The minimum absolute atomic E-state index is 0.181. The number of fused-ring (bicyclic) bond motifs is 1. The average molecular weight is 439 g/mol. The zero-order valence-corrected chi connectivity index (χ0v) is 19.7. The number of aryl methyl sites for hydroxylation is 1. The fraction of sp³-hybridized carbons (Fsp3) is 0.480. The highest BCUT2D eigenvalue weighted by molar-refractivity contribution is 5.88. The molecule has 0 radical (unpaired) electrons. The first kappa shape index (κ1) is 23.7. The van der Waals surface area contributed by atoms with Crippen molar-refractivity contribution in [3.63, 3.8) is 0 Å². The van der Waals surface area contributed by atoms with Gasteiger partial charge < -0.3 is 14.8 Å². The highest BCUT2D eigenvalue weighted by Gasteiger charge is 2.31. The van der Waals surface area contributed by atoms with Crippen molar-refractivity contribution >= 4 is 16.8 Å². The number of benzene rings is 1. The average Bonchev–Trinajstić information content (AvgIpc) is 3.09. The van der Waals surface area contributed by atoms with E-state index in [-0.39, 0.29) is 5.91 Å². The summed E-state index contributed by atoms with van der Waals surface area (Å²) in [6, 6.07) is 10.0. The smallest absolute Gasteiger partial charge is 0.263 e. The molecule has 0 aliphatic rings. The van der Waals surface area contributed by atoms with Crippen molar-refractivity contribution in [3.05, 3.63) is 53.9 Å². The summed E-state index contributed by atoms with van der Waals surface area (Å²) >= 11 is 0. The van der Waals surface area contributed by atoms with Crippen LogP contribution in [-0.4, -0.2) is 39.9 Å². The molecule has 0 aliphatic carbocycles. The SMILES string of the molecule is COCc1ccc2c(c1)c(OC(C)(C)C(=O)NCCc1cccnc1)nn2CCC(C)C. The number of carbonyl (C=O) groups excluding carboxylic acids is 1. The van der Waals surface area contributed by atoms with Gasteiger partial charge >= 0.3 is 0 Å².